The average Bonchev–Trinajstić information content (AvgIpc) is 2.46. The van der Waals surface area contributed by atoms with Gasteiger partial charge in [-0.2, -0.15) is 0 Å². The van der Waals surface area contributed by atoms with Crippen LogP contribution in [0.5, 0.6) is 0 Å². The SMILES string of the molecule is CCCNC(Cc1ccc(Cl)cc1)c1ccncc1C. The highest BCUT2D eigenvalue weighted by atomic mass is 35.5. The van der Waals surface area contributed by atoms with E-state index >= 15 is 0 Å². The number of pyridine rings is 1. The largest absolute Gasteiger partial charge is 0.310 e. The van der Waals surface area contributed by atoms with Crippen molar-refractivity contribution in [2.24, 2.45) is 0 Å². The zero-order chi connectivity index (χ0) is 14.4. The molecule has 1 N–H and O–H groups in total. The van der Waals surface area contributed by atoms with Crippen LogP contribution in [0.1, 0.15) is 36.1 Å². The Morgan fingerprint density at radius 3 is 2.60 bits per heavy atom. The molecular formula is C17H21ClN2. The fourth-order valence-electron chi connectivity index (χ4n) is 2.34. The van der Waals surface area contributed by atoms with Gasteiger partial charge in [-0.05, 0) is 61.2 Å². The van der Waals surface area contributed by atoms with E-state index in [9.17, 15) is 0 Å². The van der Waals surface area contributed by atoms with Crippen LogP contribution in [0.15, 0.2) is 42.7 Å². The highest BCUT2D eigenvalue weighted by Crippen LogP contribution is 2.22. The average molecular weight is 289 g/mol. The van der Waals surface area contributed by atoms with Gasteiger partial charge in [-0.25, -0.2) is 0 Å². The summed E-state index contributed by atoms with van der Waals surface area (Å²) in [5, 5.41) is 4.41. The van der Waals surface area contributed by atoms with Gasteiger partial charge in [0.25, 0.3) is 0 Å². The van der Waals surface area contributed by atoms with Crippen LogP contribution in [0.2, 0.25) is 5.02 Å². The maximum atomic E-state index is 5.95. The Labute approximate surface area is 126 Å². The zero-order valence-electron chi connectivity index (χ0n) is 12.1. The van der Waals surface area contributed by atoms with Crippen LogP contribution in [0.3, 0.4) is 0 Å². The number of benzene rings is 1. The molecule has 1 aromatic heterocycles. The van der Waals surface area contributed by atoms with Crippen molar-refractivity contribution in [3.05, 3.63) is 64.4 Å². The Hall–Kier alpha value is -1.38. The second-order valence-corrected chi connectivity index (χ2v) is 5.51. The summed E-state index contributed by atoms with van der Waals surface area (Å²) in [6.07, 6.45) is 5.88. The van der Waals surface area contributed by atoms with Crippen molar-refractivity contribution in [1.82, 2.24) is 10.3 Å². The van der Waals surface area contributed by atoms with Gasteiger partial charge in [0.1, 0.15) is 0 Å². The van der Waals surface area contributed by atoms with Crippen LogP contribution in [-0.2, 0) is 6.42 Å². The zero-order valence-corrected chi connectivity index (χ0v) is 12.8. The molecule has 0 saturated heterocycles. The van der Waals surface area contributed by atoms with Crippen LogP contribution in [0.4, 0.5) is 0 Å². The summed E-state index contributed by atoms with van der Waals surface area (Å²) in [7, 11) is 0. The van der Waals surface area contributed by atoms with Gasteiger partial charge in [0.05, 0.1) is 0 Å². The molecule has 0 aliphatic heterocycles. The van der Waals surface area contributed by atoms with E-state index < -0.39 is 0 Å². The molecule has 0 aliphatic rings. The Morgan fingerprint density at radius 1 is 1.20 bits per heavy atom. The van der Waals surface area contributed by atoms with Gasteiger partial charge in [-0.3, -0.25) is 4.98 Å². The van der Waals surface area contributed by atoms with E-state index in [1.807, 2.05) is 24.5 Å². The molecule has 2 nitrogen and oxygen atoms in total. The molecule has 106 valence electrons. The van der Waals surface area contributed by atoms with Gasteiger partial charge in [0.15, 0.2) is 0 Å². The fourth-order valence-corrected chi connectivity index (χ4v) is 2.47. The number of aryl methyl sites for hydroxylation is 1. The predicted molar refractivity (Wildman–Crippen MR) is 85.2 cm³/mol. The molecule has 0 spiro atoms. The Bertz CT molecular complexity index is 537. The topological polar surface area (TPSA) is 24.9 Å². The first-order valence-electron chi connectivity index (χ1n) is 7.09. The minimum absolute atomic E-state index is 0.319. The lowest BCUT2D eigenvalue weighted by molar-refractivity contribution is 0.526. The normalized spacial score (nSPS) is 12.3. The number of nitrogens with zero attached hydrogens (tertiary/aromatic N) is 1. The fraction of sp³-hybridized carbons (Fsp3) is 0.353. The van der Waals surface area contributed by atoms with Crippen LogP contribution in [0.25, 0.3) is 0 Å². The molecular weight excluding hydrogens is 268 g/mol. The van der Waals surface area contributed by atoms with Crippen molar-refractivity contribution in [2.45, 2.75) is 32.7 Å². The van der Waals surface area contributed by atoms with E-state index in [0.29, 0.717) is 6.04 Å². The van der Waals surface area contributed by atoms with Crippen molar-refractivity contribution in [3.8, 4) is 0 Å². The molecule has 0 aliphatic carbocycles. The lowest BCUT2D eigenvalue weighted by Crippen LogP contribution is -2.24. The third kappa shape index (κ3) is 4.06. The summed E-state index contributed by atoms with van der Waals surface area (Å²) in [5.41, 5.74) is 3.85. The minimum atomic E-state index is 0.319. The van der Waals surface area contributed by atoms with Crippen LogP contribution in [0, 0.1) is 6.92 Å². The molecule has 0 amide bonds. The van der Waals surface area contributed by atoms with Gasteiger partial charge in [-0.1, -0.05) is 30.7 Å². The Balaban J connectivity index is 2.19. The van der Waals surface area contributed by atoms with Gasteiger partial charge in [0, 0.05) is 23.5 Å². The smallest absolute Gasteiger partial charge is 0.0406 e. The summed E-state index contributed by atoms with van der Waals surface area (Å²) in [6.45, 7) is 5.32. The van der Waals surface area contributed by atoms with Crippen molar-refractivity contribution >= 4 is 11.6 Å². The Morgan fingerprint density at radius 2 is 1.95 bits per heavy atom. The molecule has 3 heteroatoms. The first kappa shape index (κ1) is 15.0. The van der Waals surface area contributed by atoms with E-state index in [0.717, 1.165) is 24.4 Å². The summed E-state index contributed by atoms with van der Waals surface area (Å²) in [4.78, 5) is 4.18. The maximum absolute atomic E-state index is 5.95. The highest BCUT2D eigenvalue weighted by molar-refractivity contribution is 6.30. The van der Waals surface area contributed by atoms with Gasteiger partial charge in [0.2, 0.25) is 0 Å². The lowest BCUT2D eigenvalue weighted by atomic mass is 9.96. The molecule has 0 bridgehead atoms. The standard InChI is InChI=1S/C17H21ClN2/c1-3-9-20-17(16-8-10-19-12-13(16)2)11-14-4-6-15(18)7-5-14/h4-8,10,12,17,20H,3,9,11H2,1-2H3. The summed E-state index contributed by atoms with van der Waals surface area (Å²) < 4.78 is 0. The molecule has 0 saturated carbocycles. The van der Waals surface area contributed by atoms with Crippen LogP contribution < -0.4 is 5.32 Å². The summed E-state index contributed by atoms with van der Waals surface area (Å²) in [6, 6.07) is 10.5. The van der Waals surface area contributed by atoms with E-state index in [1.165, 1.54) is 16.7 Å². The molecule has 1 aromatic carbocycles. The van der Waals surface area contributed by atoms with E-state index in [1.54, 1.807) is 0 Å². The molecule has 1 atom stereocenters. The third-order valence-electron chi connectivity index (χ3n) is 3.43. The number of aromatic nitrogens is 1. The van der Waals surface area contributed by atoms with Crippen LogP contribution >= 0.6 is 11.6 Å². The quantitative estimate of drug-likeness (QED) is 0.856. The van der Waals surface area contributed by atoms with Crippen molar-refractivity contribution < 1.29 is 0 Å². The minimum Gasteiger partial charge on any atom is -0.310 e. The number of hydrogen-bond donors (Lipinski definition) is 1. The molecule has 0 fully saturated rings. The van der Waals surface area contributed by atoms with Gasteiger partial charge in [-0.15, -0.1) is 0 Å². The monoisotopic (exact) mass is 288 g/mol. The summed E-state index contributed by atoms with van der Waals surface area (Å²) in [5.74, 6) is 0. The number of halogens is 1. The number of rotatable bonds is 6. The molecule has 20 heavy (non-hydrogen) atoms. The maximum Gasteiger partial charge on any atom is 0.0406 e. The molecule has 2 rings (SSSR count). The van der Waals surface area contributed by atoms with E-state index in [-0.39, 0.29) is 0 Å². The Kier molecular flexibility index (Phi) is 5.57. The van der Waals surface area contributed by atoms with Gasteiger partial charge < -0.3 is 5.32 Å². The van der Waals surface area contributed by atoms with E-state index in [4.69, 9.17) is 11.6 Å². The van der Waals surface area contributed by atoms with Crippen molar-refractivity contribution in [2.75, 3.05) is 6.54 Å². The number of hydrogen-bond acceptors (Lipinski definition) is 2. The molecule has 1 unspecified atom stereocenters. The predicted octanol–water partition coefficient (Wildman–Crippen LogP) is 4.33. The first-order valence-corrected chi connectivity index (χ1v) is 7.47. The van der Waals surface area contributed by atoms with E-state index in [2.05, 4.69) is 42.3 Å². The first-order chi connectivity index (χ1) is 9.70. The second kappa shape index (κ2) is 7.41. The van der Waals surface area contributed by atoms with Crippen LogP contribution in [-0.4, -0.2) is 11.5 Å². The number of nitrogens with one attached hydrogen (secondary N) is 1. The highest BCUT2D eigenvalue weighted by Gasteiger charge is 2.13. The molecule has 1 heterocycles. The lowest BCUT2D eigenvalue weighted by Gasteiger charge is -2.21. The third-order valence-corrected chi connectivity index (χ3v) is 3.68. The van der Waals surface area contributed by atoms with Crippen molar-refractivity contribution in [3.63, 3.8) is 0 Å². The van der Waals surface area contributed by atoms with Gasteiger partial charge >= 0.3 is 0 Å². The second-order valence-electron chi connectivity index (χ2n) is 5.07. The summed E-state index contributed by atoms with van der Waals surface area (Å²) >= 11 is 5.95. The molecule has 2 aromatic rings. The van der Waals surface area contributed by atoms with Crippen molar-refractivity contribution in [1.29, 1.82) is 0 Å². The molecule has 0 radical (unpaired) electrons.